The molecule has 1 saturated heterocycles. The van der Waals surface area contributed by atoms with Gasteiger partial charge in [0.1, 0.15) is 18.0 Å². The highest BCUT2D eigenvalue weighted by Gasteiger charge is 2.38. The SMILES string of the molecule is CN(c1ccc(NC(=O)c2nc(N3CCC(F)(F)CC3)oc2CC(F)(F)F)cc1F)C1CCCC1. The number of halogens is 6. The first kappa shape index (κ1) is 25.2. The number of oxazole rings is 1. The van der Waals surface area contributed by atoms with Crippen LogP contribution in [0.5, 0.6) is 0 Å². The summed E-state index contributed by atoms with van der Waals surface area (Å²) in [5.41, 5.74) is -0.225. The molecule has 1 saturated carbocycles. The molecule has 0 unspecified atom stereocenters. The lowest BCUT2D eigenvalue weighted by molar-refractivity contribution is -0.130. The maximum Gasteiger partial charge on any atom is 0.396 e. The maximum atomic E-state index is 14.8. The van der Waals surface area contributed by atoms with Gasteiger partial charge in [-0.1, -0.05) is 12.8 Å². The molecule has 1 aliphatic heterocycles. The Balaban J connectivity index is 1.52. The average molecular weight is 504 g/mol. The minimum absolute atomic E-state index is 0.0381. The van der Waals surface area contributed by atoms with Crippen molar-refractivity contribution in [3.8, 4) is 0 Å². The summed E-state index contributed by atoms with van der Waals surface area (Å²) >= 11 is 0. The van der Waals surface area contributed by atoms with Crippen LogP contribution in [0, 0.1) is 5.82 Å². The molecule has 4 rings (SSSR count). The Labute approximate surface area is 198 Å². The van der Waals surface area contributed by atoms with Crippen LogP contribution in [0.1, 0.15) is 54.8 Å². The summed E-state index contributed by atoms with van der Waals surface area (Å²) < 4.78 is 86.1. The van der Waals surface area contributed by atoms with E-state index in [1.165, 1.54) is 17.0 Å². The number of piperidine rings is 1. The quantitative estimate of drug-likeness (QED) is 0.505. The molecule has 0 atom stereocenters. The van der Waals surface area contributed by atoms with Crippen molar-refractivity contribution >= 4 is 23.3 Å². The van der Waals surface area contributed by atoms with E-state index in [1.807, 2.05) is 4.90 Å². The van der Waals surface area contributed by atoms with Crippen molar-refractivity contribution in [2.75, 3.05) is 35.3 Å². The van der Waals surface area contributed by atoms with Gasteiger partial charge in [0.25, 0.3) is 17.8 Å². The van der Waals surface area contributed by atoms with E-state index in [2.05, 4.69) is 10.3 Å². The van der Waals surface area contributed by atoms with Crippen LogP contribution in [0.3, 0.4) is 0 Å². The van der Waals surface area contributed by atoms with Crippen molar-refractivity contribution in [2.24, 2.45) is 0 Å². The van der Waals surface area contributed by atoms with Gasteiger partial charge < -0.3 is 19.5 Å². The van der Waals surface area contributed by atoms with Crippen LogP contribution in [0.25, 0.3) is 0 Å². The number of carbonyl (C=O) groups is 1. The van der Waals surface area contributed by atoms with Gasteiger partial charge in [0, 0.05) is 44.7 Å². The number of amides is 1. The monoisotopic (exact) mass is 504 g/mol. The first-order chi connectivity index (χ1) is 16.4. The van der Waals surface area contributed by atoms with Crippen molar-refractivity contribution in [1.29, 1.82) is 0 Å². The number of carbonyl (C=O) groups excluding carboxylic acids is 1. The van der Waals surface area contributed by atoms with E-state index >= 15 is 0 Å². The zero-order chi connectivity index (χ0) is 25.4. The fraction of sp³-hybridized carbons (Fsp3) is 0.565. The Morgan fingerprint density at radius 3 is 2.49 bits per heavy atom. The molecule has 0 spiro atoms. The molecule has 2 heterocycles. The topological polar surface area (TPSA) is 61.6 Å². The summed E-state index contributed by atoms with van der Waals surface area (Å²) in [6, 6.07) is 3.94. The number of alkyl halides is 5. The largest absolute Gasteiger partial charge is 0.427 e. The second-order valence-electron chi connectivity index (χ2n) is 9.07. The predicted molar refractivity (Wildman–Crippen MR) is 118 cm³/mol. The number of hydrogen-bond donors (Lipinski definition) is 1. The molecule has 1 N–H and O–H groups in total. The smallest absolute Gasteiger partial charge is 0.396 e. The third kappa shape index (κ3) is 6.02. The van der Waals surface area contributed by atoms with Gasteiger partial charge in [-0.2, -0.15) is 18.2 Å². The molecule has 2 fully saturated rings. The molecular formula is C23H26F6N4O2. The lowest BCUT2D eigenvalue weighted by Crippen LogP contribution is -2.39. The third-order valence-electron chi connectivity index (χ3n) is 6.49. The van der Waals surface area contributed by atoms with Crippen LogP contribution in [-0.2, 0) is 6.42 Å². The first-order valence-corrected chi connectivity index (χ1v) is 11.4. The van der Waals surface area contributed by atoms with Crippen LogP contribution in [-0.4, -0.2) is 49.2 Å². The second-order valence-corrected chi connectivity index (χ2v) is 9.07. The third-order valence-corrected chi connectivity index (χ3v) is 6.49. The molecular weight excluding hydrogens is 478 g/mol. The van der Waals surface area contributed by atoms with E-state index in [0.29, 0.717) is 5.69 Å². The van der Waals surface area contributed by atoms with E-state index in [0.717, 1.165) is 31.7 Å². The molecule has 2 aliphatic rings. The van der Waals surface area contributed by atoms with Crippen molar-refractivity contribution in [3.63, 3.8) is 0 Å². The highest BCUT2D eigenvalue weighted by atomic mass is 19.4. The van der Waals surface area contributed by atoms with Crippen LogP contribution < -0.4 is 15.1 Å². The molecule has 0 radical (unpaired) electrons. The molecule has 1 aliphatic carbocycles. The second kappa shape index (κ2) is 9.62. The van der Waals surface area contributed by atoms with Crippen molar-refractivity contribution < 1.29 is 35.6 Å². The van der Waals surface area contributed by atoms with E-state index in [9.17, 15) is 31.1 Å². The van der Waals surface area contributed by atoms with Crippen molar-refractivity contribution in [1.82, 2.24) is 4.98 Å². The number of aromatic nitrogens is 1. The van der Waals surface area contributed by atoms with Gasteiger partial charge in [-0.25, -0.2) is 13.2 Å². The van der Waals surface area contributed by atoms with E-state index in [4.69, 9.17) is 4.42 Å². The zero-order valence-electron chi connectivity index (χ0n) is 19.1. The first-order valence-electron chi connectivity index (χ1n) is 11.4. The summed E-state index contributed by atoms with van der Waals surface area (Å²) in [5, 5.41) is 2.36. The van der Waals surface area contributed by atoms with E-state index in [-0.39, 0.29) is 30.8 Å². The van der Waals surface area contributed by atoms with Crippen LogP contribution in [0.15, 0.2) is 22.6 Å². The number of nitrogens with zero attached hydrogens (tertiary/aromatic N) is 3. The Hall–Kier alpha value is -2.92. The Morgan fingerprint density at radius 2 is 1.89 bits per heavy atom. The van der Waals surface area contributed by atoms with Gasteiger partial charge in [-0.15, -0.1) is 0 Å². The summed E-state index contributed by atoms with van der Waals surface area (Å²) in [6.07, 6.45) is -3.21. The van der Waals surface area contributed by atoms with Gasteiger partial charge in [-0.05, 0) is 31.0 Å². The number of nitrogens with one attached hydrogen (secondary N) is 1. The zero-order valence-corrected chi connectivity index (χ0v) is 19.1. The van der Waals surface area contributed by atoms with Gasteiger partial charge in [0.05, 0.1) is 5.69 Å². The molecule has 1 aromatic carbocycles. The fourth-order valence-corrected chi connectivity index (χ4v) is 4.53. The van der Waals surface area contributed by atoms with Gasteiger partial charge in [-0.3, -0.25) is 4.79 Å². The summed E-state index contributed by atoms with van der Waals surface area (Å²) in [5.74, 6) is -5.21. The number of anilines is 3. The summed E-state index contributed by atoms with van der Waals surface area (Å²) in [4.78, 5) is 19.8. The highest BCUT2D eigenvalue weighted by Crippen LogP contribution is 2.33. The molecule has 1 aromatic heterocycles. The fourth-order valence-electron chi connectivity index (χ4n) is 4.53. The maximum absolute atomic E-state index is 14.8. The minimum atomic E-state index is -4.70. The van der Waals surface area contributed by atoms with Crippen molar-refractivity contribution in [3.05, 3.63) is 35.5 Å². The van der Waals surface area contributed by atoms with Gasteiger partial charge in [0.15, 0.2) is 5.69 Å². The highest BCUT2D eigenvalue weighted by molar-refractivity contribution is 6.03. The molecule has 192 valence electrons. The average Bonchev–Trinajstić information content (AvgIpc) is 3.43. The Morgan fingerprint density at radius 1 is 1.23 bits per heavy atom. The summed E-state index contributed by atoms with van der Waals surface area (Å²) in [6.45, 7) is -0.359. The lowest BCUT2D eigenvalue weighted by atomic mass is 10.1. The van der Waals surface area contributed by atoms with Crippen LogP contribution in [0.4, 0.5) is 43.7 Å². The van der Waals surface area contributed by atoms with Gasteiger partial charge >= 0.3 is 6.18 Å². The van der Waals surface area contributed by atoms with E-state index in [1.54, 1.807) is 7.05 Å². The van der Waals surface area contributed by atoms with Gasteiger partial charge in [0.2, 0.25) is 0 Å². The Kier molecular flexibility index (Phi) is 6.92. The molecule has 12 heteroatoms. The molecule has 2 aromatic rings. The normalized spacial score (nSPS) is 18.7. The standard InChI is InChI=1S/C23H26F6N4O2/c1-32(15-4-2-3-5-15)17-7-6-14(12-16(17)24)30-20(34)19-18(13-23(27,28)29)35-21(31-19)33-10-8-22(25,26)9-11-33/h6-7,12,15H,2-5,8-11,13H2,1H3,(H,30,34). The summed E-state index contributed by atoms with van der Waals surface area (Å²) in [7, 11) is 1.80. The van der Waals surface area contributed by atoms with Crippen LogP contribution in [0.2, 0.25) is 0 Å². The molecule has 1 amide bonds. The number of rotatable bonds is 6. The van der Waals surface area contributed by atoms with Crippen molar-refractivity contribution in [2.45, 2.75) is 63.1 Å². The Bertz CT molecular complexity index is 1050. The van der Waals surface area contributed by atoms with E-state index < -0.39 is 54.5 Å². The molecule has 0 bridgehead atoms. The molecule has 35 heavy (non-hydrogen) atoms. The van der Waals surface area contributed by atoms with Crippen LogP contribution >= 0.6 is 0 Å². The predicted octanol–water partition coefficient (Wildman–Crippen LogP) is 5.79. The minimum Gasteiger partial charge on any atom is -0.427 e. The lowest BCUT2D eigenvalue weighted by Gasteiger charge is -2.30. The molecule has 6 nitrogen and oxygen atoms in total. The number of hydrogen-bond acceptors (Lipinski definition) is 5. The number of benzene rings is 1.